The molecule has 0 aliphatic heterocycles. The van der Waals surface area contributed by atoms with Gasteiger partial charge in [0.05, 0.1) is 0 Å². The molecule has 1 aromatic carbocycles. The summed E-state index contributed by atoms with van der Waals surface area (Å²) in [5.74, 6) is -1.04. The first kappa shape index (κ1) is 10.6. The van der Waals surface area contributed by atoms with Crippen molar-refractivity contribution in [1.82, 2.24) is 0 Å². The van der Waals surface area contributed by atoms with Gasteiger partial charge in [0.15, 0.2) is 11.6 Å². The summed E-state index contributed by atoms with van der Waals surface area (Å²) in [6, 6.07) is 4.40. The second-order valence-electron chi connectivity index (χ2n) is 4.18. The Morgan fingerprint density at radius 1 is 1.27 bits per heavy atom. The molecule has 1 saturated carbocycles. The van der Waals surface area contributed by atoms with Crippen LogP contribution >= 0.6 is 0 Å². The van der Waals surface area contributed by atoms with E-state index in [1.165, 1.54) is 0 Å². The van der Waals surface area contributed by atoms with E-state index in [9.17, 15) is 8.78 Å². The molecular weight excluding hydrogens is 196 g/mol. The Balaban J connectivity index is 2.32. The zero-order valence-electron chi connectivity index (χ0n) is 8.55. The highest BCUT2D eigenvalue weighted by Gasteiger charge is 2.29. The van der Waals surface area contributed by atoms with Gasteiger partial charge in [-0.05, 0) is 42.9 Å². The average molecular weight is 211 g/mol. The number of benzene rings is 1. The summed E-state index contributed by atoms with van der Waals surface area (Å²) in [4.78, 5) is 0. The maximum atomic E-state index is 13.5. The second kappa shape index (κ2) is 4.27. The van der Waals surface area contributed by atoms with Crippen LogP contribution in [0.4, 0.5) is 8.78 Å². The minimum atomic E-state index is -0.754. The van der Waals surface area contributed by atoms with Crippen molar-refractivity contribution in [2.24, 2.45) is 11.7 Å². The van der Waals surface area contributed by atoms with Gasteiger partial charge in [0.2, 0.25) is 0 Å². The van der Waals surface area contributed by atoms with E-state index in [2.05, 4.69) is 0 Å². The topological polar surface area (TPSA) is 26.0 Å². The fraction of sp³-hybridized carbons (Fsp3) is 0.500. The molecule has 0 spiro atoms. The number of hydrogen-bond acceptors (Lipinski definition) is 1. The van der Waals surface area contributed by atoms with Crippen LogP contribution in [0, 0.1) is 17.6 Å². The van der Waals surface area contributed by atoms with E-state index in [1.54, 1.807) is 12.1 Å². The molecule has 2 unspecified atom stereocenters. The van der Waals surface area contributed by atoms with Crippen LogP contribution in [-0.4, -0.2) is 6.54 Å². The van der Waals surface area contributed by atoms with Crippen LogP contribution in [0.3, 0.4) is 0 Å². The summed E-state index contributed by atoms with van der Waals surface area (Å²) in [5.41, 5.74) is 6.14. The zero-order valence-corrected chi connectivity index (χ0v) is 8.55. The lowest BCUT2D eigenvalue weighted by molar-refractivity contribution is 0.448. The Morgan fingerprint density at radius 3 is 2.80 bits per heavy atom. The standard InChI is InChI=1S/C12H15F2N/c13-11-6-2-5-10(12(11)14)9-4-1-3-8(9)7-15/h2,5-6,8-9H,1,3-4,7,15H2. The lowest BCUT2D eigenvalue weighted by Crippen LogP contribution is -2.18. The molecule has 0 aromatic heterocycles. The molecule has 0 bridgehead atoms. The van der Waals surface area contributed by atoms with Crippen molar-refractivity contribution in [3.8, 4) is 0 Å². The fourth-order valence-corrected chi connectivity index (χ4v) is 2.54. The lowest BCUT2D eigenvalue weighted by atomic mass is 9.88. The van der Waals surface area contributed by atoms with Crippen LogP contribution in [0.1, 0.15) is 30.7 Å². The predicted octanol–water partition coefficient (Wildman–Crippen LogP) is 2.81. The molecule has 2 atom stereocenters. The molecule has 15 heavy (non-hydrogen) atoms. The molecule has 1 fully saturated rings. The third kappa shape index (κ3) is 1.88. The summed E-state index contributed by atoms with van der Waals surface area (Å²) >= 11 is 0. The van der Waals surface area contributed by atoms with Crippen molar-refractivity contribution >= 4 is 0 Å². The van der Waals surface area contributed by atoms with E-state index in [4.69, 9.17) is 5.73 Å². The normalized spacial score (nSPS) is 25.8. The van der Waals surface area contributed by atoms with Crippen LogP contribution < -0.4 is 5.73 Å². The van der Waals surface area contributed by atoms with E-state index in [0.29, 0.717) is 18.0 Å². The van der Waals surface area contributed by atoms with E-state index in [-0.39, 0.29) is 5.92 Å². The molecule has 1 aliphatic carbocycles. The molecule has 3 heteroatoms. The minimum absolute atomic E-state index is 0.102. The molecule has 2 rings (SSSR count). The third-order valence-electron chi connectivity index (χ3n) is 3.34. The lowest BCUT2D eigenvalue weighted by Gasteiger charge is -2.18. The Bertz CT molecular complexity index is 351. The first-order chi connectivity index (χ1) is 7.24. The van der Waals surface area contributed by atoms with Crippen LogP contribution in [0.15, 0.2) is 18.2 Å². The molecule has 0 radical (unpaired) electrons. The first-order valence-corrected chi connectivity index (χ1v) is 5.38. The Hall–Kier alpha value is -0.960. The molecule has 0 amide bonds. The number of rotatable bonds is 2. The van der Waals surface area contributed by atoms with Gasteiger partial charge in [-0.2, -0.15) is 0 Å². The SMILES string of the molecule is NCC1CCCC1c1cccc(F)c1F. The molecular formula is C12H15F2N. The van der Waals surface area contributed by atoms with Crippen molar-refractivity contribution in [2.45, 2.75) is 25.2 Å². The highest BCUT2D eigenvalue weighted by atomic mass is 19.2. The van der Waals surface area contributed by atoms with Gasteiger partial charge in [0.25, 0.3) is 0 Å². The largest absolute Gasteiger partial charge is 0.330 e. The Kier molecular flexibility index (Phi) is 3.00. The maximum absolute atomic E-state index is 13.5. The van der Waals surface area contributed by atoms with Crippen LogP contribution in [0.25, 0.3) is 0 Å². The van der Waals surface area contributed by atoms with Gasteiger partial charge in [-0.1, -0.05) is 18.6 Å². The summed E-state index contributed by atoms with van der Waals surface area (Å²) in [6.45, 7) is 0.556. The van der Waals surface area contributed by atoms with Gasteiger partial charge in [-0.15, -0.1) is 0 Å². The molecule has 1 nitrogen and oxygen atoms in total. The molecule has 2 N–H and O–H groups in total. The van der Waals surface area contributed by atoms with Gasteiger partial charge >= 0.3 is 0 Å². The van der Waals surface area contributed by atoms with Gasteiger partial charge < -0.3 is 5.73 Å². The van der Waals surface area contributed by atoms with Crippen molar-refractivity contribution in [1.29, 1.82) is 0 Å². The molecule has 1 aliphatic rings. The Labute approximate surface area is 88.3 Å². The van der Waals surface area contributed by atoms with E-state index in [0.717, 1.165) is 25.3 Å². The summed E-state index contributed by atoms with van der Waals surface area (Å²) in [6.07, 6.45) is 3.00. The zero-order chi connectivity index (χ0) is 10.8. The average Bonchev–Trinajstić information content (AvgIpc) is 2.70. The monoisotopic (exact) mass is 211 g/mol. The van der Waals surface area contributed by atoms with Crippen LogP contribution in [0.5, 0.6) is 0 Å². The predicted molar refractivity (Wildman–Crippen MR) is 55.5 cm³/mol. The Morgan fingerprint density at radius 2 is 2.07 bits per heavy atom. The maximum Gasteiger partial charge on any atom is 0.162 e. The van der Waals surface area contributed by atoms with E-state index in [1.807, 2.05) is 0 Å². The van der Waals surface area contributed by atoms with Gasteiger partial charge in [-0.25, -0.2) is 8.78 Å². The van der Waals surface area contributed by atoms with Crippen LogP contribution in [-0.2, 0) is 0 Å². The molecule has 82 valence electrons. The third-order valence-corrected chi connectivity index (χ3v) is 3.34. The van der Waals surface area contributed by atoms with E-state index < -0.39 is 11.6 Å². The number of nitrogens with two attached hydrogens (primary N) is 1. The van der Waals surface area contributed by atoms with Gasteiger partial charge in [0.1, 0.15) is 0 Å². The molecule has 0 saturated heterocycles. The minimum Gasteiger partial charge on any atom is -0.330 e. The van der Waals surface area contributed by atoms with E-state index >= 15 is 0 Å². The van der Waals surface area contributed by atoms with Crippen LogP contribution in [0.2, 0.25) is 0 Å². The smallest absolute Gasteiger partial charge is 0.162 e. The summed E-state index contributed by atoms with van der Waals surface area (Å²) in [7, 11) is 0. The van der Waals surface area contributed by atoms with Gasteiger partial charge in [-0.3, -0.25) is 0 Å². The van der Waals surface area contributed by atoms with Crippen molar-refractivity contribution in [3.05, 3.63) is 35.4 Å². The van der Waals surface area contributed by atoms with Crippen molar-refractivity contribution < 1.29 is 8.78 Å². The number of halogens is 2. The molecule has 1 aromatic rings. The number of hydrogen-bond donors (Lipinski definition) is 1. The van der Waals surface area contributed by atoms with Crippen molar-refractivity contribution in [3.63, 3.8) is 0 Å². The summed E-state index contributed by atoms with van der Waals surface area (Å²) in [5, 5.41) is 0. The fourth-order valence-electron chi connectivity index (χ4n) is 2.54. The second-order valence-corrected chi connectivity index (χ2v) is 4.18. The summed E-state index contributed by atoms with van der Waals surface area (Å²) < 4.78 is 26.6. The van der Waals surface area contributed by atoms with Gasteiger partial charge in [0, 0.05) is 0 Å². The molecule has 0 heterocycles. The highest BCUT2D eigenvalue weighted by Crippen LogP contribution is 2.40. The van der Waals surface area contributed by atoms with Crippen molar-refractivity contribution in [2.75, 3.05) is 6.54 Å². The quantitative estimate of drug-likeness (QED) is 0.799. The highest BCUT2D eigenvalue weighted by molar-refractivity contribution is 5.24. The first-order valence-electron chi connectivity index (χ1n) is 5.38.